The Morgan fingerprint density at radius 3 is 2.62 bits per heavy atom. The van der Waals surface area contributed by atoms with Crippen molar-refractivity contribution in [1.82, 2.24) is 4.90 Å². The van der Waals surface area contributed by atoms with E-state index in [-0.39, 0.29) is 0 Å². The first-order valence-corrected chi connectivity index (χ1v) is 4.64. The van der Waals surface area contributed by atoms with Crippen LogP contribution in [0.2, 0.25) is 0 Å². The van der Waals surface area contributed by atoms with Crippen LogP contribution in [-0.4, -0.2) is 25.5 Å². The van der Waals surface area contributed by atoms with Gasteiger partial charge in [-0.25, -0.2) is 0 Å². The molecule has 0 spiro atoms. The maximum atomic E-state index is 5.60. The molecule has 0 atom stereocenters. The van der Waals surface area contributed by atoms with Gasteiger partial charge in [0.1, 0.15) is 11.5 Å². The summed E-state index contributed by atoms with van der Waals surface area (Å²) in [6.45, 7) is 1.59. The van der Waals surface area contributed by atoms with E-state index < -0.39 is 0 Å². The van der Waals surface area contributed by atoms with Crippen molar-refractivity contribution in [3.8, 4) is 0 Å². The van der Waals surface area contributed by atoms with Crippen molar-refractivity contribution >= 4 is 0 Å². The molecule has 1 rings (SSSR count). The summed E-state index contributed by atoms with van der Waals surface area (Å²) in [6, 6.07) is 4.07. The van der Waals surface area contributed by atoms with Gasteiger partial charge in [-0.15, -0.1) is 0 Å². The largest absolute Gasteiger partial charge is 0.465 e. The lowest BCUT2D eigenvalue weighted by atomic mass is 10.2. The van der Waals surface area contributed by atoms with Gasteiger partial charge in [-0.1, -0.05) is 0 Å². The number of aryl methyl sites for hydroxylation is 1. The number of furan rings is 1. The third-order valence-corrected chi connectivity index (χ3v) is 1.82. The summed E-state index contributed by atoms with van der Waals surface area (Å²) in [5.74, 6) is 2.07. The summed E-state index contributed by atoms with van der Waals surface area (Å²) in [5, 5.41) is 0. The van der Waals surface area contributed by atoms with Gasteiger partial charge in [-0.05, 0) is 39.2 Å². The second-order valence-corrected chi connectivity index (χ2v) is 3.50. The van der Waals surface area contributed by atoms with Gasteiger partial charge in [0.25, 0.3) is 0 Å². The summed E-state index contributed by atoms with van der Waals surface area (Å²) in [5.41, 5.74) is 5.41. The number of hydrogen-bond acceptors (Lipinski definition) is 3. The fourth-order valence-electron chi connectivity index (χ4n) is 1.23. The van der Waals surface area contributed by atoms with Crippen LogP contribution in [0.25, 0.3) is 0 Å². The first-order valence-electron chi connectivity index (χ1n) is 4.64. The van der Waals surface area contributed by atoms with E-state index in [0.717, 1.165) is 37.5 Å². The van der Waals surface area contributed by atoms with E-state index in [4.69, 9.17) is 10.2 Å². The van der Waals surface area contributed by atoms with Crippen LogP contribution in [-0.2, 0) is 13.0 Å². The minimum absolute atomic E-state index is 0.726. The Kier molecular flexibility index (Phi) is 3.99. The smallest absolute Gasteiger partial charge is 0.118 e. The molecule has 1 heterocycles. The molecule has 0 unspecified atom stereocenters. The molecule has 0 saturated heterocycles. The number of rotatable bonds is 5. The van der Waals surface area contributed by atoms with Gasteiger partial charge in [-0.2, -0.15) is 0 Å². The van der Waals surface area contributed by atoms with E-state index in [1.54, 1.807) is 0 Å². The van der Waals surface area contributed by atoms with E-state index in [0.29, 0.717) is 0 Å². The van der Waals surface area contributed by atoms with Crippen LogP contribution in [0.1, 0.15) is 17.9 Å². The van der Waals surface area contributed by atoms with Crippen LogP contribution < -0.4 is 5.73 Å². The highest BCUT2D eigenvalue weighted by Crippen LogP contribution is 2.10. The maximum Gasteiger partial charge on any atom is 0.118 e. The highest BCUT2D eigenvalue weighted by atomic mass is 16.3. The molecule has 13 heavy (non-hydrogen) atoms. The Morgan fingerprint density at radius 1 is 1.31 bits per heavy atom. The van der Waals surface area contributed by atoms with E-state index >= 15 is 0 Å². The minimum Gasteiger partial charge on any atom is -0.465 e. The lowest BCUT2D eigenvalue weighted by Gasteiger charge is -2.05. The SMILES string of the molecule is CN(C)Cc1ccc(CCCN)o1. The molecule has 0 aliphatic carbocycles. The molecule has 0 aliphatic heterocycles. The normalized spacial score (nSPS) is 11.1. The summed E-state index contributed by atoms with van der Waals surface area (Å²) in [6.07, 6.45) is 1.94. The van der Waals surface area contributed by atoms with Crippen LogP contribution in [0.15, 0.2) is 16.5 Å². The van der Waals surface area contributed by atoms with Gasteiger partial charge in [0.05, 0.1) is 6.54 Å². The Bertz CT molecular complexity index is 243. The van der Waals surface area contributed by atoms with Crippen molar-refractivity contribution in [2.45, 2.75) is 19.4 Å². The Hall–Kier alpha value is -0.800. The first-order chi connectivity index (χ1) is 6.22. The zero-order chi connectivity index (χ0) is 9.68. The molecule has 1 aromatic heterocycles. The predicted molar refractivity (Wildman–Crippen MR) is 53.5 cm³/mol. The molecule has 2 N–H and O–H groups in total. The fraction of sp³-hybridized carbons (Fsp3) is 0.600. The molecule has 0 radical (unpaired) electrons. The average molecular weight is 182 g/mol. The summed E-state index contributed by atoms with van der Waals surface area (Å²) < 4.78 is 5.60. The highest BCUT2D eigenvalue weighted by Gasteiger charge is 2.02. The topological polar surface area (TPSA) is 42.4 Å². The zero-order valence-corrected chi connectivity index (χ0v) is 8.42. The van der Waals surface area contributed by atoms with Crippen LogP contribution in [0.3, 0.4) is 0 Å². The molecule has 0 aliphatic rings. The van der Waals surface area contributed by atoms with Crippen LogP contribution >= 0.6 is 0 Å². The average Bonchev–Trinajstić information content (AvgIpc) is 2.48. The summed E-state index contributed by atoms with van der Waals surface area (Å²) in [4.78, 5) is 2.09. The molecule has 3 heteroatoms. The monoisotopic (exact) mass is 182 g/mol. The lowest BCUT2D eigenvalue weighted by molar-refractivity contribution is 0.341. The minimum atomic E-state index is 0.726. The molecule has 0 amide bonds. The van der Waals surface area contributed by atoms with Gasteiger partial charge in [0, 0.05) is 6.42 Å². The zero-order valence-electron chi connectivity index (χ0n) is 8.42. The van der Waals surface area contributed by atoms with Gasteiger partial charge < -0.3 is 15.1 Å². The van der Waals surface area contributed by atoms with Gasteiger partial charge >= 0.3 is 0 Å². The Balaban J connectivity index is 2.44. The maximum absolute atomic E-state index is 5.60. The van der Waals surface area contributed by atoms with Crippen LogP contribution in [0.5, 0.6) is 0 Å². The number of nitrogens with zero attached hydrogens (tertiary/aromatic N) is 1. The molecule has 0 bridgehead atoms. The second-order valence-electron chi connectivity index (χ2n) is 3.50. The molecule has 0 aromatic carbocycles. The summed E-state index contributed by atoms with van der Waals surface area (Å²) in [7, 11) is 4.06. The molecule has 3 nitrogen and oxygen atoms in total. The van der Waals surface area contributed by atoms with Crippen molar-refractivity contribution in [2.24, 2.45) is 5.73 Å². The van der Waals surface area contributed by atoms with E-state index in [2.05, 4.69) is 4.90 Å². The van der Waals surface area contributed by atoms with Crippen molar-refractivity contribution in [3.05, 3.63) is 23.7 Å². The molecular formula is C10H18N2O. The van der Waals surface area contributed by atoms with Crippen molar-refractivity contribution in [2.75, 3.05) is 20.6 Å². The summed E-state index contributed by atoms with van der Waals surface area (Å²) >= 11 is 0. The molecular weight excluding hydrogens is 164 g/mol. The quantitative estimate of drug-likeness (QED) is 0.744. The van der Waals surface area contributed by atoms with Crippen molar-refractivity contribution in [1.29, 1.82) is 0 Å². The highest BCUT2D eigenvalue weighted by molar-refractivity contribution is 5.07. The third kappa shape index (κ3) is 3.61. The standard InChI is InChI=1S/C10H18N2O/c1-12(2)8-10-6-5-9(13-10)4-3-7-11/h5-6H,3-4,7-8,11H2,1-2H3. The molecule has 74 valence electrons. The second kappa shape index (κ2) is 5.04. The van der Waals surface area contributed by atoms with Crippen molar-refractivity contribution in [3.63, 3.8) is 0 Å². The van der Waals surface area contributed by atoms with E-state index in [1.165, 1.54) is 0 Å². The lowest BCUT2D eigenvalue weighted by Crippen LogP contribution is -2.09. The first kappa shape index (κ1) is 10.3. The number of hydrogen-bond donors (Lipinski definition) is 1. The van der Waals surface area contributed by atoms with Crippen LogP contribution in [0, 0.1) is 0 Å². The molecule has 1 aromatic rings. The third-order valence-electron chi connectivity index (χ3n) is 1.82. The molecule has 0 saturated carbocycles. The van der Waals surface area contributed by atoms with E-state index in [9.17, 15) is 0 Å². The van der Waals surface area contributed by atoms with Gasteiger partial charge in [0.15, 0.2) is 0 Å². The van der Waals surface area contributed by atoms with Crippen molar-refractivity contribution < 1.29 is 4.42 Å². The predicted octanol–water partition coefficient (Wildman–Crippen LogP) is 1.23. The number of nitrogens with two attached hydrogens (primary N) is 1. The Morgan fingerprint density at radius 2 is 2.00 bits per heavy atom. The van der Waals surface area contributed by atoms with Gasteiger partial charge in [0.2, 0.25) is 0 Å². The van der Waals surface area contributed by atoms with Crippen LogP contribution in [0.4, 0.5) is 0 Å². The Labute approximate surface area is 79.5 Å². The fourth-order valence-corrected chi connectivity index (χ4v) is 1.23. The van der Waals surface area contributed by atoms with Gasteiger partial charge in [-0.3, -0.25) is 0 Å². The van der Waals surface area contributed by atoms with E-state index in [1.807, 2.05) is 26.2 Å². The molecule has 0 fully saturated rings.